The summed E-state index contributed by atoms with van der Waals surface area (Å²) >= 11 is 9.04. The molecule has 18 heavy (non-hydrogen) atoms. The Morgan fingerprint density at radius 2 is 2.00 bits per heavy atom. The third kappa shape index (κ3) is 3.15. The van der Waals surface area contributed by atoms with E-state index in [0.717, 1.165) is 5.56 Å². The van der Waals surface area contributed by atoms with E-state index in [0.29, 0.717) is 10.5 Å². The Hall–Kier alpha value is -1.26. The normalized spacial score (nSPS) is 12.1. The maximum atomic E-state index is 11.9. The number of rotatable bonds is 4. The molecule has 94 valence electrons. The van der Waals surface area contributed by atoms with Crippen LogP contribution in [0.5, 0.6) is 0 Å². The molecule has 1 atom stereocenters. The van der Waals surface area contributed by atoms with Crippen LogP contribution in [0.2, 0.25) is 0 Å². The summed E-state index contributed by atoms with van der Waals surface area (Å²) in [6.45, 7) is 0. The molecule has 0 radical (unpaired) electrons. The molecule has 1 aromatic carbocycles. The van der Waals surface area contributed by atoms with Gasteiger partial charge in [0.25, 0.3) is 5.91 Å². The van der Waals surface area contributed by atoms with E-state index < -0.39 is 0 Å². The maximum Gasteiger partial charge on any atom is 0.287 e. The van der Waals surface area contributed by atoms with Crippen LogP contribution >= 0.6 is 27.5 Å². The Balaban J connectivity index is 2.10. The highest BCUT2D eigenvalue weighted by Crippen LogP contribution is 2.17. The van der Waals surface area contributed by atoms with E-state index in [-0.39, 0.29) is 17.7 Å². The van der Waals surface area contributed by atoms with Gasteiger partial charge in [-0.2, -0.15) is 0 Å². The lowest BCUT2D eigenvalue weighted by molar-refractivity contribution is 0.0911. The van der Waals surface area contributed by atoms with Crippen molar-refractivity contribution in [2.75, 3.05) is 5.88 Å². The fourth-order valence-corrected chi connectivity index (χ4v) is 2.12. The number of hydrogen-bond acceptors (Lipinski definition) is 2. The van der Waals surface area contributed by atoms with Gasteiger partial charge in [0.1, 0.15) is 0 Å². The fourth-order valence-electron chi connectivity index (χ4n) is 1.56. The number of nitrogens with one attached hydrogen (secondary N) is 1. The number of furan rings is 1. The van der Waals surface area contributed by atoms with E-state index >= 15 is 0 Å². The summed E-state index contributed by atoms with van der Waals surface area (Å²) in [6.07, 6.45) is 0. The van der Waals surface area contributed by atoms with Gasteiger partial charge < -0.3 is 9.73 Å². The van der Waals surface area contributed by atoms with E-state index in [4.69, 9.17) is 16.0 Å². The molecule has 1 N–H and O–H groups in total. The van der Waals surface area contributed by atoms with Crippen molar-refractivity contribution >= 4 is 33.4 Å². The van der Waals surface area contributed by atoms with Gasteiger partial charge in [0.15, 0.2) is 10.4 Å². The van der Waals surface area contributed by atoms with Crippen molar-refractivity contribution in [3.63, 3.8) is 0 Å². The van der Waals surface area contributed by atoms with E-state index in [1.807, 2.05) is 30.3 Å². The largest absolute Gasteiger partial charge is 0.444 e. The number of carbonyl (C=O) groups is 1. The highest BCUT2D eigenvalue weighted by atomic mass is 79.9. The summed E-state index contributed by atoms with van der Waals surface area (Å²) in [5, 5.41) is 2.83. The third-order valence-corrected chi connectivity index (χ3v) is 3.19. The monoisotopic (exact) mass is 327 g/mol. The molecule has 0 aliphatic rings. The molecule has 2 rings (SSSR count). The van der Waals surface area contributed by atoms with E-state index in [1.165, 1.54) is 0 Å². The van der Waals surface area contributed by atoms with Crippen LogP contribution in [0.25, 0.3) is 0 Å². The van der Waals surface area contributed by atoms with Gasteiger partial charge in [-0.05, 0) is 33.6 Å². The van der Waals surface area contributed by atoms with Crippen LogP contribution in [0.4, 0.5) is 0 Å². The van der Waals surface area contributed by atoms with Crippen LogP contribution in [0.15, 0.2) is 51.6 Å². The number of halogens is 2. The topological polar surface area (TPSA) is 42.2 Å². The Morgan fingerprint density at radius 3 is 2.56 bits per heavy atom. The summed E-state index contributed by atoms with van der Waals surface area (Å²) in [5.74, 6) is 0.278. The zero-order valence-electron chi connectivity index (χ0n) is 9.40. The van der Waals surface area contributed by atoms with Crippen LogP contribution in [0.3, 0.4) is 0 Å². The van der Waals surface area contributed by atoms with Crippen LogP contribution in [0, 0.1) is 0 Å². The predicted octanol–water partition coefficient (Wildman–Crippen LogP) is 3.75. The molecule has 0 saturated carbocycles. The van der Waals surface area contributed by atoms with E-state index in [1.54, 1.807) is 12.1 Å². The molecule has 0 fully saturated rings. The van der Waals surface area contributed by atoms with Gasteiger partial charge in [0.2, 0.25) is 0 Å². The first-order chi connectivity index (χ1) is 8.70. The summed E-state index contributed by atoms with van der Waals surface area (Å²) in [4.78, 5) is 11.9. The first-order valence-electron chi connectivity index (χ1n) is 5.38. The van der Waals surface area contributed by atoms with Crippen molar-refractivity contribution < 1.29 is 9.21 Å². The molecule has 2 aromatic rings. The van der Waals surface area contributed by atoms with Crippen molar-refractivity contribution in [2.24, 2.45) is 0 Å². The molecule has 5 heteroatoms. The second kappa shape index (κ2) is 6.07. The molecule has 0 saturated heterocycles. The second-order valence-electron chi connectivity index (χ2n) is 3.69. The number of carbonyl (C=O) groups excluding carboxylic acids is 1. The molecule has 0 spiro atoms. The molecule has 1 heterocycles. The molecular weight excluding hydrogens is 318 g/mol. The predicted molar refractivity (Wildman–Crippen MR) is 73.8 cm³/mol. The Bertz CT molecular complexity index is 527. The average Bonchev–Trinajstić information content (AvgIpc) is 2.83. The Labute approximate surface area is 118 Å². The minimum Gasteiger partial charge on any atom is -0.444 e. The van der Waals surface area contributed by atoms with Crippen molar-refractivity contribution in [3.8, 4) is 0 Å². The minimum atomic E-state index is -0.282. The lowest BCUT2D eigenvalue weighted by atomic mass is 10.1. The number of benzene rings is 1. The summed E-state index contributed by atoms with van der Waals surface area (Å²) < 4.78 is 5.71. The molecule has 3 nitrogen and oxygen atoms in total. The van der Waals surface area contributed by atoms with Gasteiger partial charge in [-0.3, -0.25) is 4.79 Å². The fraction of sp³-hybridized carbons (Fsp3) is 0.154. The van der Waals surface area contributed by atoms with Gasteiger partial charge in [-0.15, -0.1) is 11.6 Å². The van der Waals surface area contributed by atoms with Crippen LogP contribution < -0.4 is 5.32 Å². The third-order valence-electron chi connectivity index (χ3n) is 2.46. The molecule has 1 aromatic heterocycles. The molecule has 0 aliphatic heterocycles. The van der Waals surface area contributed by atoms with Crippen molar-refractivity contribution in [1.82, 2.24) is 5.32 Å². The number of hydrogen-bond donors (Lipinski definition) is 1. The second-order valence-corrected chi connectivity index (χ2v) is 4.78. The Kier molecular flexibility index (Phi) is 4.44. The van der Waals surface area contributed by atoms with Gasteiger partial charge in [0, 0.05) is 5.88 Å². The molecule has 0 aliphatic carbocycles. The van der Waals surface area contributed by atoms with Gasteiger partial charge in [-0.1, -0.05) is 30.3 Å². The van der Waals surface area contributed by atoms with E-state index in [2.05, 4.69) is 21.2 Å². The minimum absolute atomic E-state index is 0.232. The van der Waals surface area contributed by atoms with Crippen LogP contribution in [0.1, 0.15) is 22.2 Å². The summed E-state index contributed by atoms with van der Waals surface area (Å²) in [6, 6.07) is 12.6. The maximum absolute atomic E-state index is 11.9. The SMILES string of the molecule is O=C(NC(CCl)c1ccccc1)c1ccc(Br)o1. The number of amides is 1. The smallest absolute Gasteiger partial charge is 0.287 e. The van der Waals surface area contributed by atoms with Crippen molar-refractivity contribution in [3.05, 3.63) is 58.5 Å². The summed E-state index contributed by atoms with van der Waals surface area (Å²) in [5.41, 5.74) is 0.964. The van der Waals surface area contributed by atoms with Gasteiger partial charge in [0.05, 0.1) is 6.04 Å². The standard InChI is InChI=1S/C13H11BrClNO2/c14-12-7-6-11(18-12)13(17)16-10(8-15)9-4-2-1-3-5-9/h1-7,10H,8H2,(H,16,17). The van der Waals surface area contributed by atoms with E-state index in [9.17, 15) is 4.79 Å². The zero-order valence-corrected chi connectivity index (χ0v) is 11.7. The van der Waals surface area contributed by atoms with Crippen LogP contribution in [-0.2, 0) is 0 Å². The lowest BCUT2D eigenvalue weighted by Crippen LogP contribution is -2.29. The first kappa shape index (κ1) is 13.2. The van der Waals surface area contributed by atoms with Crippen molar-refractivity contribution in [2.45, 2.75) is 6.04 Å². The number of alkyl halides is 1. The van der Waals surface area contributed by atoms with Gasteiger partial charge in [-0.25, -0.2) is 0 Å². The van der Waals surface area contributed by atoms with Crippen LogP contribution in [-0.4, -0.2) is 11.8 Å². The average molecular weight is 329 g/mol. The highest BCUT2D eigenvalue weighted by molar-refractivity contribution is 9.10. The quantitative estimate of drug-likeness (QED) is 0.869. The molecular formula is C13H11BrClNO2. The molecule has 1 unspecified atom stereocenters. The zero-order chi connectivity index (χ0) is 13.0. The molecule has 0 bridgehead atoms. The highest BCUT2D eigenvalue weighted by Gasteiger charge is 2.16. The Morgan fingerprint density at radius 1 is 1.28 bits per heavy atom. The van der Waals surface area contributed by atoms with Gasteiger partial charge >= 0.3 is 0 Å². The lowest BCUT2D eigenvalue weighted by Gasteiger charge is -2.15. The first-order valence-corrected chi connectivity index (χ1v) is 6.70. The summed E-state index contributed by atoms with van der Waals surface area (Å²) in [7, 11) is 0. The molecule has 1 amide bonds. The van der Waals surface area contributed by atoms with Crippen molar-refractivity contribution in [1.29, 1.82) is 0 Å².